The fraction of sp³-hybridized carbons (Fsp3) is 0.500. The summed E-state index contributed by atoms with van der Waals surface area (Å²) in [7, 11) is 0. The maximum absolute atomic E-state index is 12.5. The Bertz CT molecular complexity index is 533. The Morgan fingerprint density at radius 3 is 2.43 bits per heavy atom. The number of ketones is 1. The molecule has 1 aliphatic heterocycles. The van der Waals surface area contributed by atoms with Crippen molar-refractivity contribution in [1.29, 1.82) is 0 Å². The highest BCUT2D eigenvalue weighted by atomic mass is 35.5. The fourth-order valence-electron chi connectivity index (χ4n) is 2.38. The largest absolute Gasteiger partial charge is 0.444 e. The van der Waals surface area contributed by atoms with Crippen molar-refractivity contribution < 1.29 is 14.3 Å². The van der Waals surface area contributed by atoms with Crippen LogP contribution in [0.25, 0.3) is 0 Å². The molecule has 0 saturated carbocycles. The number of Topliss-reactive ketones (excluding diaryl/α,β-unsaturated/α-hetero) is 1. The molecule has 1 amide bonds. The minimum atomic E-state index is -0.562. The van der Waals surface area contributed by atoms with E-state index < -0.39 is 17.7 Å². The summed E-state index contributed by atoms with van der Waals surface area (Å²) in [5, 5.41) is 0.585. The molecule has 0 spiro atoms. The van der Waals surface area contributed by atoms with Gasteiger partial charge < -0.3 is 4.74 Å². The van der Waals surface area contributed by atoms with Crippen LogP contribution in [0.15, 0.2) is 24.3 Å². The quantitative estimate of drug-likeness (QED) is 0.778. The Kier molecular flexibility index (Phi) is 4.57. The average molecular weight is 310 g/mol. The number of likely N-dealkylation sites (tertiary alicyclic amines) is 1. The second kappa shape index (κ2) is 6.06. The van der Waals surface area contributed by atoms with E-state index in [0.717, 1.165) is 6.42 Å². The van der Waals surface area contributed by atoms with Gasteiger partial charge >= 0.3 is 6.09 Å². The van der Waals surface area contributed by atoms with Crippen LogP contribution in [0.1, 0.15) is 44.0 Å². The number of ether oxygens (including phenoxy) is 1. The SMILES string of the molecule is CC(C)(C)OC(=O)N1CCCC1C(=O)c1ccc(Cl)cc1. The Balaban J connectivity index is 2.13. The zero-order valence-corrected chi connectivity index (χ0v) is 13.3. The lowest BCUT2D eigenvalue weighted by Gasteiger charge is -2.28. The number of benzene rings is 1. The van der Waals surface area contributed by atoms with E-state index in [9.17, 15) is 9.59 Å². The lowest BCUT2D eigenvalue weighted by atomic mass is 10.0. The van der Waals surface area contributed by atoms with Crippen LogP contribution in [0.3, 0.4) is 0 Å². The van der Waals surface area contributed by atoms with Crippen molar-refractivity contribution in [2.24, 2.45) is 0 Å². The summed E-state index contributed by atoms with van der Waals surface area (Å²) in [5.41, 5.74) is 0.00735. The Morgan fingerprint density at radius 1 is 1.24 bits per heavy atom. The first-order chi connectivity index (χ1) is 9.78. The molecule has 1 fully saturated rings. The first kappa shape index (κ1) is 15.8. The van der Waals surface area contributed by atoms with Gasteiger partial charge in [-0.15, -0.1) is 0 Å². The summed E-state index contributed by atoms with van der Waals surface area (Å²) in [6.07, 6.45) is 1.05. The summed E-state index contributed by atoms with van der Waals surface area (Å²) < 4.78 is 5.37. The number of amides is 1. The molecule has 0 N–H and O–H groups in total. The number of rotatable bonds is 2. The highest BCUT2D eigenvalue weighted by Crippen LogP contribution is 2.24. The smallest absolute Gasteiger partial charge is 0.410 e. The van der Waals surface area contributed by atoms with Crippen LogP contribution in [0.2, 0.25) is 5.02 Å². The third kappa shape index (κ3) is 3.97. The van der Waals surface area contributed by atoms with Crippen molar-refractivity contribution in [2.75, 3.05) is 6.54 Å². The second-order valence-electron chi connectivity index (χ2n) is 6.20. The molecule has 1 unspecified atom stereocenters. The second-order valence-corrected chi connectivity index (χ2v) is 6.64. The van der Waals surface area contributed by atoms with Gasteiger partial charge in [-0.2, -0.15) is 0 Å². The maximum atomic E-state index is 12.5. The molecule has 2 rings (SSSR count). The summed E-state index contributed by atoms with van der Waals surface area (Å²) in [6, 6.07) is 6.30. The van der Waals surface area contributed by atoms with Gasteiger partial charge in [0.2, 0.25) is 0 Å². The van der Waals surface area contributed by atoms with E-state index in [1.807, 2.05) is 20.8 Å². The van der Waals surface area contributed by atoms with Crippen molar-refractivity contribution in [2.45, 2.75) is 45.3 Å². The molecular weight excluding hydrogens is 290 g/mol. The molecule has 4 nitrogen and oxygen atoms in total. The van der Waals surface area contributed by atoms with Crippen molar-refractivity contribution in [1.82, 2.24) is 4.90 Å². The van der Waals surface area contributed by atoms with Crippen molar-refractivity contribution in [3.63, 3.8) is 0 Å². The van der Waals surface area contributed by atoms with Crippen LogP contribution < -0.4 is 0 Å². The molecule has 1 atom stereocenters. The van der Waals surface area contributed by atoms with Crippen molar-refractivity contribution >= 4 is 23.5 Å². The molecule has 1 aliphatic rings. The lowest BCUT2D eigenvalue weighted by Crippen LogP contribution is -2.43. The van der Waals surface area contributed by atoms with Gasteiger partial charge in [-0.1, -0.05) is 11.6 Å². The molecule has 114 valence electrons. The standard InChI is InChI=1S/C16H20ClNO3/c1-16(2,3)21-15(20)18-10-4-5-13(18)14(19)11-6-8-12(17)9-7-11/h6-9,13H,4-5,10H2,1-3H3. The van der Waals surface area contributed by atoms with E-state index >= 15 is 0 Å². The molecule has 0 radical (unpaired) electrons. The van der Waals surface area contributed by atoms with Crippen LogP contribution in [0, 0.1) is 0 Å². The fourth-order valence-corrected chi connectivity index (χ4v) is 2.51. The summed E-state index contributed by atoms with van der Waals surface area (Å²) >= 11 is 5.83. The summed E-state index contributed by atoms with van der Waals surface area (Å²) in [5.74, 6) is -0.0602. The molecule has 0 aliphatic carbocycles. The molecule has 1 heterocycles. The van der Waals surface area contributed by atoms with Crippen LogP contribution in [-0.4, -0.2) is 35.0 Å². The summed E-state index contributed by atoms with van der Waals surface area (Å²) in [6.45, 7) is 6.00. The number of hydrogen-bond acceptors (Lipinski definition) is 3. The predicted octanol–water partition coefficient (Wildman–Crippen LogP) is 3.92. The van der Waals surface area contributed by atoms with Gasteiger partial charge in [0.1, 0.15) is 5.60 Å². The van der Waals surface area contributed by atoms with Gasteiger partial charge in [-0.3, -0.25) is 9.69 Å². The molecule has 5 heteroatoms. The van der Waals surface area contributed by atoms with E-state index in [1.165, 1.54) is 4.90 Å². The summed E-state index contributed by atoms with van der Waals surface area (Å²) in [4.78, 5) is 26.3. The van der Waals surface area contributed by atoms with Crippen LogP contribution >= 0.6 is 11.6 Å². The van der Waals surface area contributed by atoms with Crippen LogP contribution in [0.5, 0.6) is 0 Å². The van der Waals surface area contributed by atoms with Crippen LogP contribution in [0.4, 0.5) is 4.79 Å². The van der Waals surface area contributed by atoms with Crippen molar-refractivity contribution in [3.05, 3.63) is 34.9 Å². The number of nitrogens with zero attached hydrogens (tertiary/aromatic N) is 1. The van der Waals surface area contributed by atoms with E-state index in [4.69, 9.17) is 16.3 Å². The van der Waals surface area contributed by atoms with Gasteiger partial charge in [-0.25, -0.2) is 4.79 Å². The van der Waals surface area contributed by atoms with E-state index in [2.05, 4.69) is 0 Å². The number of hydrogen-bond donors (Lipinski definition) is 0. The van der Waals surface area contributed by atoms with E-state index in [-0.39, 0.29) is 5.78 Å². The Morgan fingerprint density at radius 2 is 1.86 bits per heavy atom. The average Bonchev–Trinajstić information content (AvgIpc) is 2.86. The predicted molar refractivity (Wildman–Crippen MR) is 81.7 cm³/mol. The van der Waals surface area contributed by atoms with E-state index in [1.54, 1.807) is 24.3 Å². The molecule has 1 aromatic carbocycles. The minimum Gasteiger partial charge on any atom is -0.444 e. The van der Waals surface area contributed by atoms with Gasteiger partial charge in [0.15, 0.2) is 5.78 Å². The van der Waals surface area contributed by atoms with Gasteiger partial charge in [0, 0.05) is 17.1 Å². The maximum Gasteiger partial charge on any atom is 0.410 e. The first-order valence-electron chi connectivity index (χ1n) is 7.07. The van der Waals surface area contributed by atoms with Gasteiger partial charge in [-0.05, 0) is 57.9 Å². The normalized spacial score (nSPS) is 18.7. The van der Waals surface area contributed by atoms with Crippen molar-refractivity contribution in [3.8, 4) is 0 Å². The molecular formula is C16H20ClNO3. The van der Waals surface area contributed by atoms with E-state index in [0.29, 0.717) is 23.6 Å². The highest BCUT2D eigenvalue weighted by Gasteiger charge is 2.36. The molecule has 1 aromatic rings. The Labute approximate surface area is 130 Å². The molecule has 1 saturated heterocycles. The molecule has 21 heavy (non-hydrogen) atoms. The monoisotopic (exact) mass is 309 g/mol. The van der Waals surface area contributed by atoms with Gasteiger partial charge in [0.25, 0.3) is 0 Å². The zero-order valence-electron chi connectivity index (χ0n) is 12.6. The third-order valence-corrected chi connectivity index (χ3v) is 3.56. The number of carbonyl (C=O) groups is 2. The van der Waals surface area contributed by atoms with Gasteiger partial charge in [0.05, 0.1) is 6.04 Å². The third-order valence-electron chi connectivity index (χ3n) is 3.31. The number of carbonyl (C=O) groups excluding carboxylic acids is 2. The zero-order chi connectivity index (χ0) is 15.6. The highest BCUT2D eigenvalue weighted by molar-refractivity contribution is 6.30. The Hall–Kier alpha value is -1.55. The lowest BCUT2D eigenvalue weighted by molar-refractivity contribution is 0.0222. The molecule has 0 aromatic heterocycles. The topological polar surface area (TPSA) is 46.6 Å². The molecule has 0 bridgehead atoms. The number of halogens is 1. The first-order valence-corrected chi connectivity index (χ1v) is 7.45. The van der Waals surface area contributed by atoms with Crippen LogP contribution in [-0.2, 0) is 4.74 Å². The minimum absolute atomic E-state index is 0.0602.